The van der Waals surface area contributed by atoms with Crippen molar-refractivity contribution in [2.45, 2.75) is 31.6 Å². The fraction of sp³-hybridized carbons (Fsp3) is 0.500. The van der Waals surface area contributed by atoms with Gasteiger partial charge in [0.2, 0.25) is 5.88 Å². The molecule has 1 atom stereocenters. The van der Waals surface area contributed by atoms with Gasteiger partial charge >= 0.3 is 6.18 Å². The Morgan fingerprint density at radius 2 is 2.10 bits per heavy atom. The van der Waals surface area contributed by atoms with E-state index in [0.717, 1.165) is 24.4 Å². The molecule has 2 aromatic heterocycles. The number of likely N-dealkylation sites (tertiary alicyclic amines) is 1. The van der Waals surface area contributed by atoms with Crippen molar-refractivity contribution >= 4 is 5.96 Å². The summed E-state index contributed by atoms with van der Waals surface area (Å²) in [5.41, 5.74) is 0.729. The van der Waals surface area contributed by atoms with Crippen LogP contribution in [0.2, 0.25) is 0 Å². The highest BCUT2D eigenvalue weighted by atomic mass is 19.4. The molecule has 1 saturated heterocycles. The normalized spacial score (nSPS) is 16.5. The zero-order chi connectivity index (χ0) is 21.4. The van der Waals surface area contributed by atoms with Crippen LogP contribution in [0.15, 0.2) is 46.1 Å². The predicted molar refractivity (Wildman–Crippen MR) is 106 cm³/mol. The minimum Gasteiger partial charge on any atom is -0.468 e. The largest absolute Gasteiger partial charge is 0.468 e. The molecule has 3 rings (SSSR count). The van der Waals surface area contributed by atoms with Crippen LogP contribution >= 0.6 is 0 Å². The highest BCUT2D eigenvalue weighted by Crippen LogP contribution is 2.24. The third-order valence-electron chi connectivity index (χ3n) is 4.78. The first-order chi connectivity index (χ1) is 14.4. The van der Waals surface area contributed by atoms with Crippen molar-refractivity contribution in [3.63, 3.8) is 0 Å². The summed E-state index contributed by atoms with van der Waals surface area (Å²) in [6, 6.07) is 7.14. The molecule has 164 valence electrons. The molecule has 3 heterocycles. The number of rotatable bonds is 8. The number of alkyl halides is 3. The first-order valence-electron chi connectivity index (χ1n) is 9.81. The van der Waals surface area contributed by atoms with Gasteiger partial charge in [0.15, 0.2) is 12.6 Å². The van der Waals surface area contributed by atoms with Crippen molar-refractivity contribution in [1.29, 1.82) is 0 Å². The smallest absolute Gasteiger partial charge is 0.422 e. The second-order valence-corrected chi connectivity index (χ2v) is 6.99. The number of hydrogen-bond acceptors (Lipinski definition) is 5. The maximum absolute atomic E-state index is 12.3. The lowest BCUT2D eigenvalue weighted by Gasteiger charge is -2.26. The molecule has 0 amide bonds. The lowest BCUT2D eigenvalue weighted by Crippen LogP contribution is -2.42. The Bertz CT molecular complexity index is 805. The Balaban J connectivity index is 1.53. The van der Waals surface area contributed by atoms with Crippen molar-refractivity contribution in [2.24, 2.45) is 4.99 Å². The van der Waals surface area contributed by atoms with Gasteiger partial charge in [0.1, 0.15) is 5.76 Å². The van der Waals surface area contributed by atoms with Gasteiger partial charge in [0, 0.05) is 32.4 Å². The Labute approximate surface area is 173 Å². The van der Waals surface area contributed by atoms with Crippen molar-refractivity contribution in [1.82, 2.24) is 20.5 Å². The molecular formula is C20H26F3N5O2. The molecule has 2 aromatic rings. The summed E-state index contributed by atoms with van der Waals surface area (Å²) in [5, 5.41) is 6.47. The van der Waals surface area contributed by atoms with E-state index >= 15 is 0 Å². The van der Waals surface area contributed by atoms with E-state index < -0.39 is 12.8 Å². The first-order valence-corrected chi connectivity index (χ1v) is 9.81. The van der Waals surface area contributed by atoms with Crippen LogP contribution in [0.4, 0.5) is 13.2 Å². The van der Waals surface area contributed by atoms with Crippen LogP contribution in [0.25, 0.3) is 0 Å². The molecule has 1 fully saturated rings. The van der Waals surface area contributed by atoms with E-state index in [1.165, 1.54) is 25.1 Å². The summed E-state index contributed by atoms with van der Waals surface area (Å²) < 4.78 is 47.2. The van der Waals surface area contributed by atoms with Crippen LogP contribution in [0, 0.1) is 0 Å². The average Bonchev–Trinajstić information content (AvgIpc) is 3.43. The van der Waals surface area contributed by atoms with Crippen molar-refractivity contribution in [3.8, 4) is 5.88 Å². The van der Waals surface area contributed by atoms with Crippen LogP contribution in [0.1, 0.15) is 30.2 Å². The highest BCUT2D eigenvalue weighted by Gasteiger charge is 2.28. The zero-order valence-electron chi connectivity index (χ0n) is 16.8. The van der Waals surface area contributed by atoms with Crippen LogP contribution < -0.4 is 15.4 Å². The third-order valence-corrected chi connectivity index (χ3v) is 4.78. The van der Waals surface area contributed by atoms with E-state index in [4.69, 9.17) is 9.15 Å². The van der Waals surface area contributed by atoms with Gasteiger partial charge in [-0.1, -0.05) is 0 Å². The van der Waals surface area contributed by atoms with Gasteiger partial charge in [0.05, 0.1) is 12.3 Å². The van der Waals surface area contributed by atoms with Crippen LogP contribution in [0.3, 0.4) is 0 Å². The van der Waals surface area contributed by atoms with Crippen LogP contribution in [-0.4, -0.2) is 55.3 Å². The fourth-order valence-corrected chi connectivity index (χ4v) is 3.34. The van der Waals surface area contributed by atoms with Gasteiger partial charge in [-0.05, 0) is 49.7 Å². The van der Waals surface area contributed by atoms with Gasteiger partial charge in [0.25, 0.3) is 0 Å². The van der Waals surface area contributed by atoms with Crippen LogP contribution in [0.5, 0.6) is 5.88 Å². The zero-order valence-corrected chi connectivity index (χ0v) is 16.8. The summed E-state index contributed by atoms with van der Waals surface area (Å²) in [6.07, 6.45) is 1.03. The number of nitrogens with one attached hydrogen (secondary N) is 2. The van der Waals surface area contributed by atoms with E-state index in [1.807, 2.05) is 12.1 Å². The summed E-state index contributed by atoms with van der Waals surface area (Å²) in [7, 11) is 1.66. The van der Waals surface area contributed by atoms with E-state index in [-0.39, 0.29) is 11.9 Å². The molecule has 0 spiro atoms. The highest BCUT2D eigenvalue weighted by molar-refractivity contribution is 5.79. The molecule has 7 nitrogen and oxygen atoms in total. The third kappa shape index (κ3) is 6.65. The molecule has 30 heavy (non-hydrogen) atoms. The molecule has 0 radical (unpaired) electrons. The minimum absolute atomic E-state index is 0.0681. The standard InChI is InChI=1S/C20H26F3N5O2/c1-24-19(26-12-15-6-7-25-18(11-15)30-14-20(21,22)23)27-13-16(17-5-4-10-29-17)28-8-2-3-9-28/h4-7,10-11,16H,2-3,8-9,12-14H2,1H3,(H2,24,26,27). The van der Waals surface area contributed by atoms with Crippen molar-refractivity contribution in [3.05, 3.63) is 48.0 Å². The second kappa shape index (κ2) is 10.3. The lowest BCUT2D eigenvalue weighted by molar-refractivity contribution is -0.154. The maximum atomic E-state index is 12.3. The Morgan fingerprint density at radius 1 is 1.30 bits per heavy atom. The number of halogens is 3. The van der Waals surface area contributed by atoms with E-state index in [2.05, 4.69) is 25.5 Å². The predicted octanol–water partition coefficient (Wildman–Crippen LogP) is 3.12. The van der Waals surface area contributed by atoms with Crippen molar-refractivity contribution in [2.75, 3.05) is 33.3 Å². The van der Waals surface area contributed by atoms with Gasteiger partial charge in [-0.15, -0.1) is 0 Å². The van der Waals surface area contributed by atoms with Gasteiger partial charge in [-0.3, -0.25) is 9.89 Å². The molecule has 2 N–H and O–H groups in total. The van der Waals surface area contributed by atoms with E-state index in [9.17, 15) is 13.2 Å². The number of guanidine groups is 1. The molecule has 0 aliphatic carbocycles. The summed E-state index contributed by atoms with van der Waals surface area (Å²) in [5.74, 6) is 1.42. The maximum Gasteiger partial charge on any atom is 0.422 e. The molecule has 0 bridgehead atoms. The Morgan fingerprint density at radius 3 is 2.77 bits per heavy atom. The summed E-state index contributed by atoms with van der Waals surface area (Å²) in [4.78, 5) is 10.4. The molecule has 1 aliphatic rings. The first kappa shape index (κ1) is 21.9. The SMILES string of the molecule is CN=C(NCc1ccnc(OCC(F)(F)F)c1)NCC(c1ccco1)N1CCCC1. The molecule has 0 aromatic carbocycles. The topological polar surface area (TPSA) is 74.9 Å². The molecule has 0 saturated carbocycles. The number of aliphatic imine (C=N–C) groups is 1. The number of pyridine rings is 1. The van der Waals surface area contributed by atoms with E-state index in [1.54, 1.807) is 19.4 Å². The number of aromatic nitrogens is 1. The van der Waals surface area contributed by atoms with Crippen molar-refractivity contribution < 1.29 is 22.3 Å². The summed E-state index contributed by atoms with van der Waals surface area (Å²) >= 11 is 0. The molecule has 10 heteroatoms. The van der Waals surface area contributed by atoms with E-state index in [0.29, 0.717) is 19.0 Å². The second-order valence-electron chi connectivity index (χ2n) is 6.99. The fourth-order valence-electron chi connectivity index (χ4n) is 3.34. The van der Waals surface area contributed by atoms with Gasteiger partial charge < -0.3 is 19.8 Å². The minimum atomic E-state index is -4.40. The molecular weight excluding hydrogens is 399 g/mol. The number of ether oxygens (including phenoxy) is 1. The van der Waals surface area contributed by atoms with Gasteiger partial charge in [-0.2, -0.15) is 13.2 Å². The Hall–Kier alpha value is -2.75. The molecule has 1 unspecified atom stereocenters. The monoisotopic (exact) mass is 425 g/mol. The number of nitrogens with zero attached hydrogens (tertiary/aromatic N) is 3. The van der Waals surface area contributed by atoms with Crippen LogP contribution in [-0.2, 0) is 6.54 Å². The average molecular weight is 425 g/mol. The Kier molecular flexibility index (Phi) is 7.56. The molecule has 1 aliphatic heterocycles. The number of hydrogen-bond donors (Lipinski definition) is 2. The summed E-state index contributed by atoms with van der Waals surface area (Å²) in [6.45, 7) is 1.65. The quantitative estimate of drug-likeness (QED) is 0.500. The lowest BCUT2D eigenvalue weighted by atomic mass is 10.2. The van der Waals surface area contributed by atoms with Gasteiger partial charge in [-0.25, -0.2) is 4.98 Å². The number of furan rings is 1.